The lowest BCUT2D eigenvalue weighted by molar-refractivity contribution is 0.0800. The highest BCUT2D eigenvalue weighted by atomic mass is 16.5. The van der Waals surface area contributed by atoms with Gasteiger partial charge in [-0.25, -0.2) is 9.98 Å². The Hall–Kier alpha value is -4.18. The molecule has 0 unspecified atom stereocenters. The minimum Gasteiger partial charge on any atom is -0.462 e. The fourth-order valence-electron chi connectivity index (χ4n) is 7.56. The molecule has 244 valence electrons. The predicted molar refractivity (Wildman–Crippen MR) is 194 cm³/mol. The third-order valence-corrected chi connectivity index (χ3v) is 9.58. The summed E-state index contributed by atoms with van der Waals surface area (Å²) in [7, 11) is 0. The molecule has 4 heteroatoms. The first-order valence-corrected chi connectivity index (χ1v) is 17.3. The van der Waals surface area contributed by atoms with Crippen molar-refractivity contribution < 1.29 is 9.47 Å². The summed E-state index contributed by atoms with van der Waals surface area (Å²) in [6.07, 6.45) is 2.19. The summed E-state index contributed by atoms with van der Waals surface area (Å²) >= 11 is 0. The average Bonchev–Trinajstić information content (AvgIpc) is 3.55. The molecule has 2 aliphatic rings. The fraction of sp³-hybridized carbons (Fsp3) is 0.395. The molecule has 6 rings (SSSR count). The highest BCUT2D eigenvalue weighted by Gasteiger charge is 2.53. The number of rotatable bonds is 10. The minimum absolute atomic E-state index is 0.0899. The molecule has 0 radical (unpaired) electrons. The number of nitrogens with zero attached hydrogens (tertiary/aromatic N) is 2. The zero-order valence-corrected chi connectivity index (χ0v) is 29.4. The van der Waals surface area contributed by atoms with E-state index in [0.717, 1.165) is 35.1 Å². The Morgan fingerprint density at radius 2 is 0.809 bits per heavy atom. The average molecular weight is 627 g/mol. The molecule has 0 saturated heterocycles. The van der Waals surface area contributed by atoms with Crippen molar-refractivity contribution in [3.05, 3.63) is 142 Å². The molecule has 0 amide bonds. The normalized spacial score (nSPS) is 19.8. The van der Waals surface area contributed by atoms with Gasteiger partial charge in [0.1, 0.15) is 12.1 Å². The van der Waals surface area contributed by atoms with Gasteiger partial charge >= 0.3 is 0 Å². The van der Waals surface area contributed by atoms with Crippen LogP contribution in [0, 0.1) is 39.5 Å². The molecular weight excluding hydrogens is 576 g/mol. The first-order valence-electron chi connectivity index (χ1n) is 17.3. The third-order valence-electron chi connectivity index (χ3n) is 9.58. The molecule has 0 saturated carbocycles. The van der Waals surface area contributed by atoms with Gasteiger partial charge in [0.2, 0.25) is 0 Å². The number of hydrogen-bond donors (Lipinski definition) is 0. The standard InChI is InChI=1S/C43H50N2O2/c1-28(2)21-38-42(34-17-9-13-30(5)23-34,35-18-10-14-31(6)24-35)46-40(44-38)27-41-45-39(22-29(3)4)43(47-41,36-19-11-15-32(7)25-36)37-20-12-16-33(8)26-37/h9-20,23-26,28-29,38-39H,21-22,27H2,1-8H3/t38-,39-/m1/s1. The van der Waals surface area contributed by atoms with E-state index in [9.17, 15) is 0 Å². The summed E-state index contributed by atoms with van der Waals surface area (Å²) in [6, 6.07) is 34.8. The molecule has 47 heavy (non-hydrogen) atoms. The van der Waals surface area contributed by atoms with E-state index in [1.165, 1.54) is 22.3 Å². The monoisotopic (exact) mass is 626 g/mol. The number of ether oxygens (including phenoxy) is 2. The minimum atomic E-state index is -0.738. The number of benzene rings is 4. The van der Waals surface area contributed by atoms with Gasteiger partial charge < -0.3 is 9.47 Å². The van der Waals surface area contributed by atoms with Crippen LogP contribution in [0.15, 0.2) is 107 Å². The first kappa shape index (κ1) is 32.7. The molecule has 0 aliphatic carbocycles. The molecule has 0 aromatic heterocycles. The molecule has 4 aromatic carbocycles. The smallest absolute Gasteiger partial charge is 0.194 e. The summed E-state index contributed by atoms with van der Waals surface area (Å²) in [5, 5.41) is 0. The van der Waals surface area contributed by atoms with Gasteiger partial charge in [0.25, 0.3) is 0 Å². The van der Waals surface area contributed by atoms with Crippen LogP contribution in [0.2, 0.25) is 0 Å². The highest BCUT2D eigenvalue weighted by Crippen LogP contribution is 2.48. The summed E-state index contributed by atoms with van der Waals surface area (Å²) in [5.74, 6) is 2.24. The predicted octanol–water partition coefficient (Wildman–Crippen LogP) is 10.2. The molecule has 0 N–H and O–H groups in total. The van der Waals surface area contributed by atoms with E-state index in [1.54, 1.807) is 0 Å². The Morgan fingerprint density at radius 1 is 0.511 bits per heavy atom. The van der Waals surface area contributed by atoms with Crippen molar-refractivity contribution >= 4 is 11.8 Å². The lowest BCUT2D eigenvalue weighted by Gasteiger charge is -2.36. The van der Waals surface area contributed by atoms with Crippen molar-refractivity contribution in [3.8, 4) is 0 Å². The Bertz CT molecular complexity index is 1580. The van der Waals surface area contributed by atoms with Crippen LogP contribution >= 0.6 is 0 Å². The summed E-state index contributed by atoms with van der Waals surface area (Å²) in [6.45, 7) is 17.7. The maximum atomic E-state index is 7.23. The van der Waals surface area contributed by atoms with E-state index >= 15 is 0 Å². The lowest BCUT2D eigenvalue weighted by atomic mass is 9.77. The van der Waals surface area contributed by atoms with Crippen LogP contribution in [-0.2, 0) is 20.7 Å². The largest absolute Gasteiger partial charge is 0.462 e. The van der Waals surface area contributed by atoms with E-state index in [0.29, 0.717) is 30.1 Å². The Labute approximate surface area is 282 Å². The van der Waals surface area contributed by atoms with Crippen molar-refractivity contribution in [2.24, 2.45) is 21.8 Å². The second-order valence-electron chi connectivity index (χ2n) is 14.7. The van der Waals surface area contributed by atoms with E-state index < -0.39 is 11.2 Å². The van der Waals surface area contributed by atoms with Gasteiger partial charge in [-0.05, 0) is 52.4 Å². The van der Waals surface area contributed by atoms with Gasteiger partial charge in [-0.2, -0.15) is 0 Å². The summed E-state index contributed by atoms with van der Waals surface area (Å²) < 4.78 is 14.5. The second kappa shape index (κ2) is 13.1. The fourth-order valence-corrected chi connectivity index (χ4v) is 7.56. The molecule has 2 heterocycles. The van der Waals surface area contributed by atoms with Crippen LogP contribution in [0.5, 0.6) is 0 Å². The molecule has 4 aromatic rings. The van der Waals surface area contributed by atoms with E-state index in [-0.39, 0.29) is 12.1 Å². The van der Waals surface area contributed by atoms with Crippen LogP contribution in [-0.4, -0.2) is 23.9 Å². The van der Waals surface area contributed by atoms with E-state index in [2.05, 4.69) is 152 Å². The second-order valence-corrected chi connectivity index (χ2v) is 14.7. The maximum Gasteiger partial charge on any atom is 0.194 e. The van der Waals surface area contributed by atoms with Crippen LogP contribution in [0.3, 0.4) is 0 Å². The van der Waals surface area contributed by atoms with Crippen molar-refractivity contribution in [2.75, 3.05) is 0 Å². The molecule has 2 aliphatic heterocycles. The topological polar surface area (TPSA) is 43.2 Å². The van der Waals surface area contributed by atoms with Gasteiger partial charge in [0.15, 0.2) is 23.0 Å². The van der Waals surface area contributed by atoms with E-state index in [4.69, 9.17) is 19.5 Å². The first-order chi connectivity index (χ1) is 22.5. The zero-order chi connectivity index (χ0) is 33.3. The van der Waals surface area contributed by atoms with Crippen molar-refractivity contribution in [1.29, 1.82) is 0 Å². The van der Waals surface area contributed by atoms with Crippen LogP contribution in [0.25, 0.3) is 0 Å². The molecular formula is C43H50N2O2. The van der Waals surface area contributed by atoms with Crippen molar-refractivity contribution in [1.82, 2.24) is 0 Å². The number of hydrogen-bond acceptors (Lipinski definition) is 4. The number of aliphatic imine (C=N–C) groups is 2. The molecule has 4 nitrogen and oxygen atoms in total. The Kier molecular flexibility index (Phi) is 9.16. The maximum absolute atomic E-state index is 7.23. The van der Waals surface area contributed by atoms with Gasteiger partial charge in [0, 0.05) is 22.3 Å². The Morgan fingerprint density at radius 3 is 1.06 bits per heavy atom. The van der Waals surface area contributed by atoms with Gasteiger partial charge in [0.05, 0.1) is 6.42 Å². The zero-order valence-electron chi connectivity index (χ0n) is 29.4. The lowest BCUT2D eigenvalue weighted by Crippen LogP contribution is -2.40. The van der Waals surface area contributed by atoms with Crippen LogP contribution in [0.1, 0.15) is 91.5 Å². The SMILES string of the molecule is Cc1cccc(C2(c3cccc(C)c3)OC(CC3=N[C@H](CC(C)C)C(c4cccc(C)c4)(c4cccc(C)c4)O3)=N[C@@H]2CC(C)C)c1. The van der Waals surface area contributed by atoms with Gasteiger partial charge in [-0.1, -0.05) is 147 Å². The number of aryl methyl sites for hydroxylation is 4. The van der Waals surface area contributed by atoms with Crippen LogP contribution in [0.4, 0.5) is 0 Å². The molecule has 0 spiro atoms. The quantitative estimate of drug-likeness (QED) is 0.176. The van der Waals surface area contributed by atoms with Gasteiger partial charge in [-0.3, -0.25) is 0 Å². The highest BCUT2D eigenvalue weighted by molar-refractivity contribution is 5.99. The molecule has 0 bridgehead atoms. The summed E-state index contributed by atoms with van der Waals surface area (Å²) in [4.78, 5) is 10.8. The molecule has 2 atom stereocenters. The van der Waals surface area contributed by atoms with Crippen molar-refractivity contribution in [3.63, 3.8) is 0 Å². The molecule has 0 fully saturated rings. The Balaban J connectivity index is 1.44. The van der Waals surface area contributed by atoms with E-state index in [1.807, 2.05) is 0 Å². The third kappa shape index (κ3) is 6.40. The van der Waals surface area contributed by atoms with Crippen LogP contribution < -0.4 is 0 Å². The van der Waals surface area contributed by atoms with Crippen molar-refractivity contribution in [2.45, 2.75) is 97.9 Å². The van der Waals surface area contributed by atoms with Gasteiger partial charge in [-0.15, -0.1) is 0 Å². The summed E-state index contributed by atoms with van der Waals surface area (Å²) in [5.41, 5.74) is 7.87.